The van der Waals surface area contributed by atoms with Crippen LogP contribution in [0.4, 0.5) is 0 Å². The van der Waals surface area contributed by atoms with Gasteiger partial charge in [0.1, 0.15) is 0 Å². The summed E-state index contributed by atoms with van der Waals surface area (Å²) in [7, 11) is 1.81. The largest absolute Gasteiger partial charge is 0.381 e. The number of hydrogen-bond donors (Lipinski definition) is 0. The van der Waals surface area contributed by atoms with E-state index in [0.29, 0.717) is 6.10 Å². The summed E-state index contributed by atoms with van der Waals surface area (Å²) in [6.07, 6.45) is 6.87. The second-order valence-electron chi connectivity index (χ2n) is 5.31. The van der Waals surface area contributed by atoms with Crippen molar-refractivity contribution in [3.63, 3.8) is 0 Å². The Hall–Kier alpha value is -0.0800. The third-order valence-electron chi connectivity index (χ3n) is 2.50. The van der Waals surface area contributed by atoms with E-state index in [1.165, 1.54) is 25.7 Å². The molecule has 1 atom stereocenters. The van der Waals surface area contributed by atoms with Crippen molar-refractivity contribution in [1.29, 1.82) is 0 Å². The van der Waals surface area contributed by atoms with Crippen LogP contribution in [-0.2, 0) is 9.47 Å². The highest BCUT2D eigenvalue weighted by molar-refractivity contribution is 4.56. The van der Waals surface area contributed by atoms with Crippen molar-refractivity contribution in [3.8, 4) is 0 Å². The van der Waals surface area contributed by atoms with Gasteiger partial charge in [0, 0.05) is 13.7 Å². The van der Waals surface area contributed by atoms with E-state index < -0.39 is 0 Å². The summed E-state index contributed by atoms with van der Waals surface area (Å²) in [4.78, 5) is 0. The van der Waals surface area contributed by atoms with Crippen LogP contribution in [0.1, 0.15) is 73.6 Å². The smallest absolute Gasteiger partial charge is 0.0598 e. The maximum Gasteiger partial charge on any atom is 0.0598 e. The molecule has 0 aliphatic carbocycles. The number of methoxy groups -OCH3 is 1. The van der Waals surface area contributed by atoms with Crippen LogP contribution in [0.3, 0.4) is 0 Å². The molecule has 0 rings (SSSR count). The second kappa shape index (κ2) is 12.4. The van der Waals surface area contributed by atoms with Crippen LogP contribution in [0.25, 0.3) is 0 Å². The Morgan fingerprint density at radius 1 is 1.00 bits per heavy atom. The van der Waals surface area contributed by atoms with Gasteiger partial charge in [0.25, 0.3) is 0 Å². The standard InChI is InChI=1S/C9H20O.C6H14O/c1-4-6-7-8-9(5-2)10-3;1-5-7-6(2,3)4/h9H,4-8H2,1-3H3;5H2,1-4H3. The lowest BCUT2D eigenvalue weighted by atomic mass is 10.1. The van der Waals surface area contributed by atoms with Gasteiger partial charge in [-0.05, 0) is 40.5 Å². The minimum Gasteiger partial charge on any atom is -0.381 e. The van der Waals surface area contributed by atoms with E-state index in [1.807, 2.05) is 6.92 Å². The Balaban J connectivity index is 0. The fourth-order valence-corrected chi connectivity index (χ4v) is 1.54. The summed E-state index contributed by atoms with van der Waals surface area (Å²) in [5.41, 5.74) is 0.0503. The molecule has 0 aromatic heterocycles. The Labute approximate surface area is 109 Å². The normalized spacial score (nSPS) is 12.9. The molecule has 106 valence electrons. The molecule has 0 heterocycles. The molecule has 0 bridgehead atoms. The molecule has 0 saturated heterocycles. The van der Waals surface area contributed by atoms with Crippen LogP contribution >= 0.6 is 0 Å². The zero-order valence-electron chi connectivity index (χ0n) is 13.1. The van der Waals surface area contributed by atoms with Crippen LogP contribution in [-0.4, -0.2) is 25.4 Å². The molecular formula is C15H34O2. The number of rotatable bonds is 7. The topological polar surface area (TPSA) is 18.5 Å². The average molecular weight is 246 g/mol. The molecule has 0 amide bonds. The highest BCUT2D eigenvalue weighted by Crippen LogP contribution is 2.08. The van der Waals surface area contributed by atoms with Gasteiger partial charge in [-0.2, -0.15) is 0 Å². The van der Waals surface area contributed by atoms with Crippen molar-refractivity contribution >= 4 is 0 Å². The monoisotopic (exact) mass is 246 g/mol. The van der Waals surface area contributed by atoms with Gasteiger partial charge in [-0.1, -0.05) is 33.1 Å². The highest BCUT2D eigenvalue weighted by Gasteiger charge is 2.06. The first kappa shape index (κ1) is 19.3. The lowest BCUT2D eigenvalue weighted by Crippen LogP contribution is -2.18. The molecule has 0 radical (unpaired) electrons. The third kappa shape index (κ3) is 18.5. The van der Waals surface area contributed by atoms with Crippen LogP contribution in [0.5, 0.6) is 0 Å². The predicted octanol–water partition coefficient (Wildman–Crippen LogP) is 4.81. The lowest BCUT2D eigenvalue weighted by molar-refractivity contribution is 0.00532. The zero-order chi connectivity index (χ0) is 13.7. The van der Waals surface area contributed by atoms with Crippen LogP contribution < -0.4 is 0 Å². The summed E-state index contributed by atoms with van der Waals surface area (Å²) in [6, 6.07) is 0. The summed E-state index contributed by atoms with van der Waals surface area (Å²) < 4.78 is 10.5. The van der Waals surface area contributed by atoms with E-state index in [2.05, 4.69) is 34.6 Å². The first-order valence-corrected chi connectivity index (χ1v) is 7.07. The molecule has 0 N–H and O–H groups in total. The minimum atomic E-state index is 0.0503. The molecule has 1 unspecified atom stereocenters. The van der Waals surface area contributed by atoms with E-state index in [9.17, 15) is 0 Å². The fourth-order valence-electron chi connectivity index (χ4n) is 1.54. The number of hydrogen-bond acceptors (Lipinski definition) is 2. The molecule has 0 aromatic rings. The molecule has 2 nitrogen and oxygen atoms in total. The minimum absolute atomic E-state index is 0.0503. The maximum atomic E-state index is 5.25. The van der Waals surface area contributed by atoms with Gasteiger partial charge in [-0.3, -0.25) is 0 Å². The van der Waals surface area contributed by atoms with Gasteiger partial charge in [0.2, 0.25) is 0 Å². The van der Waals surface area contributed by atoms with Gasteiger partial charge >= 0.3 is 0 Å². The molecule has 0 spiro atoms. The quantitative estimate of drug-likeness (QED) is 0.600. The Bertz CT molecular complexity index is 134. The fraction of sp³-hybridized carbons (Fsp3) is 1.00. The van der Waals surface area contributed by atoms with E-state index in [0.717, 1.165) is 13.0 Å². The van der Waals surface area contributed by atoms with Crippen LogP contribution in [0, 0.1) is 0 Å². The summed E-state index contributed by atoms with van der Waals surface area (Å²) >= 11 is 0. The first-order chi connectivity index (χ1) is 7.91. The summed E-state index contributed by atoms with van der Waals surface area (Å²) in [5.74, 6) is 0. The summed E-state index contributed by atoms with van der Waals surface area (Å²) in [6.45, 7) is 13.4. The molecule has 2 heteroatoms. The van der Waals surface area contributed by atoms with Crippen molar-refractivity contribution in [3.05, 3.63) is 0 Å². The van der Waals surface area contributed by atoms with Crippen molar-refractivity contribution < 1.29 is 9.47 Å². The first-order valence-electron chi connectivity index (χ1n) is 7.07. The lowest BCUT2D eigenvalue weighted by Gasteiger charge is -2.17. The molecule has 0 saturated carbocycles. The maximum absolute atomic E-state index is 5.25. The molecule has 17 heavy (non-hydrogen) atoms. The molecular weight excluding hydrogens is 212 g/mol. The molecule has 0 aromatic carbocycles. The van der Waals surface area contributed by atoms with Crippen molar-refractivity contribution in [2.45, 2.75) is 85.4 Å². The van der Waals surface area contributed by atoms with E-state index in [-0.39, 0.29) is 5.60 Å². The average Bonchev–Trinajstić information content (AvgIpc) is 2.24. The Morgan fingerprint density at radius 2 is 1.59 bits per heavy atom. The van der Waals surface area contributed by atoms with Crippen molar-refractivity contribution in [1.82, 2.24) is 0 Å². The van der Waals surface area contributed by atoms with Crippen LogP contribution in [0.15, 0.2) is 0 Å². The SMILES string of the molecule is CCCCCC(CC)OC.CCOC(C)(C)C. The van der Waals surface area contributed by atoms with E-state index in [4.69, 9.17) is 9.47 Å². The number of unbranched alkanes of at least 4 members (excludes halogenated alkanes) is 2. The third-order valence-corrected chi connectivity index (χ3v) is 2.50. The van der Waals surface area contributed by atoms with Gasteiger partial charge in [0.15, 0.2) is 0 Å². The Kier molecular flexibility index (Phi) is 14.0. The van der Waals surface area contributed by atoms with Gasteiger partial charge < -0.3 is 9.47 Å². The molecule has 0 aliphatic heterocycles. The van der Waals surface area contributed by atoms with E-state index in [1.54, 1.807) is 7.11 Å². The Morgan fingerprint density at radius 3 is 1.82 bits per heavy atom. The van der Waals surface area contributed by atoms with Crippen molar-refractivity contribution in [2.75, 3.05) is 13.7 Å². The summed E-state index contributed by atoms with van der Waals surface area (Å²) in [5, 5.41) is 0. The van der Waals surface area contributed by atoms with Gasteiger partial charge in [0.05, 0.1) is 11.7 Å². The van der Waals surface area contributed by atoms with E-state index >= 15 is 0 Å². The zero-order valence-corrected chi connectivity index (χ0v) is 13.1. The predicted molar refractivity (Wildman–Crippen MR) is 76.6 cm³/mol. The number of ether oxygens (including phenoxy) is 2. The highest BCUT2D eigenvalue weighted by atomic mass is 16.5. The van der Waals surface area contributed by atoms with Gasteiger partial charge in [-0.15, -0.1) is 0 Å². The van der Waals surface area contributed by atoms with Crippen LogP contribution in [0.2, 0.25) is 0 Å². The molecule has 0 aliphatic rings. The molecule has 0 fully saturated rings. The van der Waals surface area contributed by atoms with Gasteiger partial charge in [-0.25, -0.2) is 0 Å². The van der Waals surface area contributed by atoms with Crippen molar-refractivity contribution in [2.24, 2.45) is 0 Å². The second-order valence-corrected chi connectivity index (χ2v) is 5.31.